The van der Waals surface area contributed by atoms with Gasteiger partial charge in [-0.3, -0.25) is 0 Å². The topological polar surface area (TPSA) is 86.7 Å². The molecule has 0 aromatic carbocycles. The molecule has 0 aliphatic heterocycles. The molecule has 0 aliphatic carbocycles. The number of hydrogen-bond acceptors (Lipinski definition) is 5. The van der Waals surface area contributed by atoms with Gasteiger partial charge in [-0.15, -0.1) is 0 Å². The lowest BCUT2D eigenvalue weighted by molar-refractivity contribution is -0.0157. The van der Waals surface area contributed by atoms with Gasteiger partial charge in [-0.2, -0.15) is 0 Å². The van der Waals surface area contributed by atoms with Crippen LogP contribution in [0.25, 0.3) is 0 Å². The molecular weight excluding hydrogens is 154 g/mol. The normalized spacial score (nSPS) is 19.6. The van der Waals surface area contributed by atoms with Crippen LogP contribution in [-0.4, -0.2) is 45.5 Å². The Morgan fingerprint density at radius 2 is 2.00 bits per heavy atom. The second-order valence-electron chi connectivity index (χ2n) is 1.95. The van der Waals surface area contributed by atoms with Gasteiger partial charge in [0.1, 0.15) is 12.2 Å². The van der Waals surface area contributed by atoms with E-state index in [-0.39, 0.29) is 0 Å². The predicted molar refractivity (Wildman–Crippen MR) is 40.7 cm³/mol. The summed E-state index contributed by atoms with van der Waals surface area (Å²) in [5, 5.41) is 27.2. The quantitative estimate of drug-likeness (QED) is 0.363. The van der Waals surface area contributed by atoms with Gasteiger partial charge < -0.3 is 21.1 Å². The van der Waals surface area contributed by atoms with Crippen molar-refractivity contribution in [3.05, 3.63) is 0 Å². The second-order valence-corrected chi connectivity index (χ2v) is 2.23. The molecule has 0 saturated carbocycles. The Labute approximate surface area is 64.3 Å². The number of rotatable bonds is 4. The second kappa shape index (κ2) is 4.70. The van der Waals surface area contributed by atoms with E-state index in [4.69, 9.17) is 21.1 Å². The van der Waals surface area contributed by atoms with Crippen molar-refractivity contribution < 1.29 is 15.3 Å². The first-order valence-electron chi connectivity index (χ1n) is 2.81. The highest BCUT2D eigenvalue weighted by molar-refractivity contribution is 7.79. The van der Waals surface area contributed by atoms with Crippen LogP contribution in [0.15, 0.2) is 0 Å². The highest BCUT2D eigenvalue weighted by Crippen LogP contribution is 1.94. The zero-order valence-electron chi connectivity index (χ0n) is 5.34. The van der Waals surface area contributed by atoms with Crippen LogP contribution in [0.5, 0.6) is 0 Å². The molecule has 0 fully saturated rings. The molecule has 10 heavy (non-hydrogen) atoms. The fourth-order valence-electron chi connectivity index (χ4n) is 0.445. The van der Waals surface area contributed by atoms with Crippen LogP contribution >= 0.6 is 12.2 Å². The summed E-state index contributed by atoms with van der Waals surface area (Å²) in [5.41, 5.74) is 5.21. The summed E-state index contributed by atoms with van der Waals surface area (Å²) in [7, 11) is 0. The molecule has 0 saturated heterocycles. The first-order chi connectivity index (χ1) is 4.63. The summed E-state index contributed by atoms with van der Waals surface area (Å²) in [4.78, 5) is 0. The summed E-state index contributed by atoms with van der Waals surface area (Å²) in [6.45, 7) is -0.516. The largest absolute Gasteiger partial charge is 0.394 e. The van der Waals surface area contributed by atoms with E-state index in [1.54, 1.807) is 0 Å². The zero-order valence-corrected chi connectivity index (χ0v) is 6.16. The van der Waals surface area contributed by atoms with Crippen molar-refractivity contribution in [2.75, 3.05) is 6.61 Å². The molecule has 5 heteroatoms. The van der Waals surface area contributed by atoms with Gasteiger partial charge >= 0.3 is 0 Å². The lowest BCUT2D eigenvalue weighted by Crippen LogP contribution is -2.45. The predicted octanol–water partition coefficient (Wildman–Crippen LogP) is -1.97. The van der Waals surface area contributed by atoms with Gasteiger partial charge in [-0.25, -0.2) is 0 Å². The van der Waals surface area contributed by atoms with Crippen LogP contribution in [0.3, 0.4) is 0 Å². The maximum atomic E-state index is 8.95. The minimum atomic E-state index is -1.21. The molecule has 0 amide bonds. The van der Waals surface area contributed by atoms with E-state index in [2.05, 4.69) is 12.2 Å². The van der Waals surface area contributed by atoms with Gasteiger partial charge in [0.2, 0.25) is 0 Å². The number of hydrogen-bond donors (Lipinski definition) is 4. The molecule has 0 radical (unpaired) electrons. The third-order valence-corrected chi connectivity index (χ3v) is 1.45. The molecule has 0 unspecified atom stereocenters. The van der Waals surface area contributed by atoms with Crippen LogP contribution in [-0.2, 0) is 0 Å². The molecule has 0 rings (SSSR count). The van der Waals surface area contributed by atoms with Gasteiger partial charge in [0.05, 0.1) is 12.6 Å². The monoisotopic (exact) mass is 165 g/mol. The number of aliphatic hydroxyl groups excluding tert-OH is 3. The van der Waals surface area contributed by atoms with Crippen molar-refractivity contribution in [1.29, 1.82) is 0 Å². The fourth-order valence-corrected chi connectivity index (χ4v) is 0.606. The molecule has 60 valence electrons. The summed E-state index contributed by atoms with van der Waals surface area (Å²) >= 11 is 4.42. The molecule has 3 atom stereocenters. The first kappa shape index (κ1) is 9.93. The molecule has 0 aliphatic rings. The molecule has 0 heterocycles. The third-order valence-electron chi connectivity index (χ3n) is 1.13. The van der Waals surface area contributed by atoms with Gasteiger partial charge in [0.25, 0.3) is 0 Å². The maximum absolute atomic E-state index is 8.95. The third kappa shape index (κ3) is 2.68. The van der Waals surface area contributed by atoms with Gasteiger partial charge in [-0.1, -0.05) is 12.2 Å². The van der Waals surface area contributed by atoms with Crippen molar-refractivity contribution >= 4 is 17.6 Å². The Morgan fingerprint density at radius 3 is 2.30 bits per heavy atom. The van der Waals surface area contributed by atoms with Gasteiger partial charge in [0, 0.05) is 0 Å². The van der Waals surface area contributed by atoms with Gasteiger partial charge in [-0.05, 0) is 5.37 Å². The van der Waals surface area contributed by atoms with Crippen molar-refractivity contribution in [2.24, 2.45) is 5.73 Å². The van der Waals surface area contributed by atoms with E-state index in [0.29, 0.717) is 0 Å². The molecule has 4 nitrogen and oxygen atoms in total. The lowest BCUT2D eigenvalue weighted by atomic mass is 10.1. The number of aliphatic hydroxyl groups is 3. The average molecular weight is 165 g/mol. The van der Waals surface area contributed by atoms with E-state index in [9.17, 15) is 0 Å². The molecule has 0 aromatic rings. The van der Waals surface area contributed by atoms with Gasteiger partial charge in [0.15, 0.2) is 0 Å². The van der Waals surface area contributed by atoms with Crippen LogP contribution in [0.2, 0.25) is 0 Å². The Balaban J connectivity index is 3.80. The van der Waals surface area contributed by atoms with E-state index >= 15 is 0 Å². The molecule has 5 N–H and O–H groups in total. The van der Waals surface area contributed by atoms with Crippen molar-refractivity contribution in [3.63, 3.8) is 0 Å². The van der Waals surface area contributed by atoms with E-state index in [1.165, 1.54) is 0 Å². The molecule has 0 aromatic heterocycles. The Kier molecular flexibility index (Phi) is 4.67. The van der Waals surface area contributed by atoms with Crippen LogP contribution < -0.4 is 5.73 Å². The molecule has 0 bridgehead atoms. The zero-order chi connectivity index (χ0) is 8.15. The average Bonchev–Trinajstić information content (AvgIpc) is 2.00. The fraction of sp³-hybridized carbons (Fsp3) is 0.800. The maximum Gasteiger partial charge on any atom is 0.105 e. The minimum absolute atomic E-state index is 0.516. The van der Waals surface area contributed by atoms with Crippen LogP contribution in [0, 0.1) is 0 Å². The van der Waals surface area contributed by atoms with Crippen molar-refractivity contribution in [1.82, 2.24) is 0 Å². The standard InChI is InChI=1S/C5H11NO3S/c6-3(2-10)5(9)4(8)1-7/h2-5,7-9H,1,6H2/t3-,4-,5-/m1/s1. The lowest BCUT2D eigenvalue weighted by Gasteiger charge is -2.18. The Bertz CT molecular complexity index is 111. The summed E-state index contributed by atoms with van der Waals surface area (Å²) in [6.07, 6.45) is -2.39. The summed E-state index contributed by atoms with van der Waals surface area (Å²) < 4.78 is 0. The van der Waals surface area contributed by atoms with Crippen LogP contribution in [0.1, 0.15) is 0 Å². The van der Waals surface area contributed by atoms with E-state index < -0.39 is 24.9 Å². The van der Waals surface area contributed by atoms with Crippen molar-refractivity contribution in [2.45, 2.75) is 18.2 Å². The molecular formula is C5H11NO3S. The van der Waals surface area contributed by atoms with Crippen LogP contribution in [0.4, 0.5) is 0 Å². The first-order valence-corrected chi connectivity index (χ1v) is 3.28. The van der Waals surface area contributed by atoms with Crippen molar-refractivity contribution in [3.8, 4) is 0 Å². The Morgan fingerprint density at radius 1 is 1.50 bits per heavy atom. The number of thiocarbonyl (C=S) groups is 1. The summed E-state index contributed by atoms with van der Waals surface area (Å²) in [5.74, 6) is 0. The number of nitrogens with two attached hydrogens (primary N) is 1. The highest BCUT2D eigenvalue weighted by atomic mass is 32.1. The van der Waals surface area contributed by atoms with E-state index in [0.717, 1.165) is 5.37 Å². The Hall–Kier alpha value is -0.0700. The minimum Gasteiger partial charge on any atom is -0.394 e. The van der Waals surface area contributed by atoms with E-state index in [1.807, 2.05) is 0 Å². The SMILES string of the molecule is N[C@H](C=S)[C@@H](O)[C@H](O)CO. The highest BCUT2D eigenvalue weighted by Gasteiger charge is 2.20. The smallest absolute Gasteiger partial charge is 0.105 e. The molecule has 0 spiro atoms. The summed E-state index contributed by atoms with van der Waals surface area (Å²) in [6, 6.07) is -0.767.